The lowest BCUT2D eigenvalue weighted by Crippen LogP contribution is -2.23. The number of halogens is 3. The lowest BCUT2D eigenvalue weighted by molar-refractivity contribution is 0.433. The average Bonchev–Trinajstić information content (AvgIpc) is 1.59. The third kappa shape index (κ3) is 19.3. The van der Waals surface area contributed by atoms with E-state index in [4.69, 9.17) is 14.2 Å². The molecule has 0 bridgehead atoms. The van der Waals surface area contributed by atoms with Gasteiger partial charge in [0, 0.05) is 127 Å². The van der Waals surface area contributed by atoms with Crippen molar-refractivity contribution in [1.29, 1.82) is 0 Å². The van der Waals surface area contributed by atoms with E-state index < -0.39 is 5.82 Å². The Bertz CT molecular complexity index is 5500. The average molecular weight is 1500 g/mol. The highest BCUT2D eigenvalue weighted by molar-refractivity contribution is 5.64. The monoisotopic (exact) mass is 1500 g/mol. The topological polar surface area (TPSA) is 292 Å². The highest BCUT2D eigenvalue weighted by Crippen LogP contribution is 2.31. The molecule has 0 saturated carbocycles. The van der Waals surface area contributed by atoms with Gasteiger partial charge in [0.1, 0.15) is 69.4 Å². The van der Waals surface area contributed by atoms with Crippen LogP contribution in [0.3, 0.4) is 0 Å². The van der Waals surface area contributed by atoms with Crippen molar-refractivity contribution < 1.29 is 27.4 Å². The lowest BCUT2D eigenvalue weighted by atomic mass is 10.2. The highest BCUT2D eigenvalue weighted by atomic mass is 19.1. The van der Waals surface area contributed by atoms with E-state index in [1.807, 2.05) is 0 Å². The van der Waals surface area contributed by atoms with E-state index in [9.17, 15) is 27.6 Å². The number of likely N-dealkylation sites (tertiary alicyclic amines) is 3. The van der Waals surface area contributed by atoms with Crippen molar-refractivity contribution in [3.05, 3.63) is 287 Å². The van der Waals surface area contributed by atoms with Gasteiger partial charge in [-0.2, -0.15) is 0 Å². The summed E-state index contributed by atoms with van der Waals surface area (Å²) in [5.74, 6) is 7.33. The summed E-state index contributed by atoms with van der Waals surface area (Å²) < 4.78 is 62.5. The Morgan fingerprint density at radius 1 is 0.360 bits per heavy atom. The summed E-state index contributed by atoms with van der Waals surface area (Å²) in [5.41, 5.74) is 2.79. The molecule has 3 saturated heterocycles. The number of hydrogen-bond donors (Lipinski definition) is 6. The fraction of sp³-hybridized carbons (Fsp3) is 0.185. The Balaban J connectivity index is 0.000000146. The van der Waals surface area contributed by atoms with E-state index in [2.05, 4.69) is 111 Å². The molecule has 27 nitrogen and oxygen atoms in total. The van der Waals surface area contributed by atoms with E-state index in [1.54, 1.807) is 167 Å². The van der Waals surface area contributed by atoms with Crippen LogP contribution in [-0.2, 0) is 21.1 Å². The third-order valence-electron chi connectivity index (χ3n) is 18.0. The second kappa shape index (κ2) is 35.0. The minimum atomic E-state index is -0.438. The van der Waals surface area contributed by atoms with Crippen LogP contribution in [0.2, 0.25) is 0 Å². The van der Waals surface area contributed by atoms with Crippen LogP contribution in [0.25, 0.3) is 33.8 Å². The van der Waals surface area contributed by atoms with Crippen LogP contribution >= 0.6 is 0 Å². The summed E-state index contributed by atoms with van der Waals surface area (Å²) >= 11 is 0. The van der Waals surface area contributed by atoms with Crippen LogP contribution in [0.15, 0.2) is 253 Å². The number of benzene rings is 3. The van der Waals surface area contributed by atoms with Crippen molar-refractivity contribution in [2.24, 2.45) is 21.1 Å². The van der Waals surface area contributed by atoms with Crippen molar-refractivity contribution in [3.63, 3.8) is 0 Å². The smallest absolute Gasteiger partial charge is 0.264 e. The maximum absolute atomic E-state index is 14.0. The van der Waals surface area contributed by atoms with Gasteiger partial charge in [0.05, 0.1) is 75.5 Å². The number of rotatable bonds is 24. The van der Waals surface area contributed by atoms with Gasteiger partial charge in [-0.3, -0.25) is 43.0 Å². The zero-order valence-electron chi connectivity index (χ0n) is 61.0. The van der Waals surface area contributed by atoms with Crippen LogP contribution in [-0.4, -0.2) is 113 Å². The number of hydrogen-bond acceptors (Lipinski definition) is 24. The Morgan fingerprint density at radius 2 is 0.730 bits per heavy atom. The highest BCUT2D eigenvalue weighted by Gasteiger charge is 2.20. The first-order valence-electron chi connectivity index (χ1n) is 35.6. The van der Waals surface area contributed by atoms with Crippen LogP contribution in [0.4, 0.5) is 65.5 Å². The normalized spacial score (nSPS) is 12.9. The molecular formula is C81H78F3N21O6. The molecule has 111 heavy (non-hydrogen) atoms. The van der Waals surface area contributed by atoms with Crippen molar-refractivity contribution in [1.82, 2.24) is 73.3 Å². The van der Waals surface area contributed by atoms with E-state index >= 15 is 0 Å². The Morgan fingerprint density at radius 3 is 1.09 bits per heavy atom. The molecule has 12 aromatic rings. The van der Waals surface area contributed by atoms with Gasteiger partial charge in [0.25, 0.3) is 16.7 Å². The SMILES string of the molecule is C=C(Nc1cc(Oc2ccc(-c3cnc(Nc4ccc(F)cc4)n(C)c3=O)nc2)ccn1)N1CCCC1.C=C(Nc1cc(Oc2ccc(-c3cnc(Nc4cccc(F)c4)n(C)c3=O)nc2)ccn1)N1CCCC1.C=C(Nc1cc(Oc2ccc(-c3cnc(Nc4ccccc4F)n(C)c3=O)nc2)ccn1)N1CCCC1. The number of nitrogens with one attached hydrogen (secondary N) is 6. The molecule has 12 heterocycles. The van der Waals surface area contributed by atoms with Gasteiger partial charge in [0.15, 0.2) is 0 Å². The predicted molar refractivity (Wildman–Crippen MR) is 421 cm³/mol. The summed E-state index contributed by atoms with van der Waals surface area (Å²) in [6.45, 7) is 18.2. The van der Waals surface area contributed by atoms with E-state index in [0.717, 1.165) is 69.6 Å². The van der Waals surface area contributed by atoms with Gasteiger partial charge < -0.3 is 60.8 Å². The van der Waals surface area contributed by atoms with Crippen LogP contribution in [0.1, 0.15) is 38.5 Å². The number of ether oxygens (including phenoxy) is 3. The fourth-order valence-electron chi connectivity index (χ4n) is 12.0. The molecule has 9 aromatic heterocycles. The van der Waals surface area contributed by atoms with Gasteiger partial charge in [-0.15, -0.1) is 0 Å². The predicted octanol–water partition coefficient (Wildman–Crippen LogP) is 14.7. The lowest BCUT2D eigenvalue weighted by Gasteiger charge is -2.21. The fourth-order valence-corrected chi connectivity index (χ4v) is 12.0. The molecule has 15 rings (SSSR count). The van der Waals surface area contributed by atoms with Crippen molar-refractivity contribution in [2.75, 3.05) is 71.2 Å². The molecule has 3 aromatic carbocycles. The molecular weight excluding hydrogens is 1420 g/mol. The first kappa shape index (κ1) is 75.1. The molecule has 0 radical (unpaired) electrons. The Labute approximate surface area is 636 Å². The summed E-state index contributed by atoms with van der Waals surface area (Å²) in [5, 5.41) is 18.5. The summed E-state index contributed by atoms with van der Waals surface area (Å²) in [6, 6.07) is 38.8. The number of aromatic nitrogens is 12. The summed E-state index contributed by atoms with van der Waals surface area (Å²) in [6.07, 6.45) is 20.9. The van der Waals surface area contributed by atoms with Crippen LogP contribution < -0.4 is 62.8 Å². The molecule has 0 aliphatic carbocycles. The summed E-state index contributed by atoms with van der Waals surface area (Å²) in [7, 11) is 4.76. The first-order valence-corrected chi connectivity index (χ1v) is 35.6. The van der Waals surface area contributed by atoms with Crippen molar-refractivity contribution in [2.45, 2.75) is 38.5 Å². The quantitative estimate of drug-likeness (QED) is 0.0328. The largest absolute Gasteiger partial charge is 0.456 e. The zero-order valence-corrected chi connectivity index (χ0v) is 61.0. The second-order valence-corrected chi connectivity index (χ2v) is 25.8. The molecule has 30 heteroatoms. The third-order valence-corrected chi connectivity index (χ3v) is 18.0. The Kier molecular flexibility index (Phi) is 23.7. The van der Waals surface area contributed by atoms with Gasteiger partial charge in [0.2, 0.25) is 17.8 Å². The molecule has 0 spiro atoms. The number of nitrogens with zero attached hydrogens (tertiary/aromatic N) is 15. The maximum atomic E-state index is 14.0. The molecule has 6 N–H and O–H groups in total. The van der Waals surface area contributed by atoms with Gasteiger partial charge in [-0.1, -0.05) is 37.9 Å². The molecule has 3 fully saturated rings. The van der Waals surface area contributed by atoms with Gasteiger partial charge in [-0.05, 0) is 148 Å². The number of para-hydroxylation sites is 1. The molecule has 3 aliphatic rings. The maximum Gasteiger partial charge on any atom is 0.264 e. The van der Waals surface area contributed by atoms with Crippen molar-refractivity contribution in [3.8, 4) is 68.3 Å². The number of pyridine rings is 6. The first-order chi connectivity index (χ1) is 53.9. The van der Waals surface area contributed by atoms with E-state index in [0.29, 0.717) is 103 Å². The minimum absolute atomic E-state index is 0.216. The van der Waals surface area contributed by atoms with Crippen molar-refractivity contribution >= 4 is 52.4 Å². The minimum Gasteiger partial charge on any atom is -0.456 e. The molecule has 0 amide bonds. The summed E-state index contributed by atoms with van der Waals surface area (Å²) in [4.78, 5) is 84.6. The number of anilines is 9. The standard InChI is InChI=1S/3C27H26FN7O2/c1-18(35-13-3-4-14-35)32-25-15-21(11-12-29-25)37-22-9-10-24(30-16-22)23-17-31-27(34(2)26(23)36)33-20-7-5-19(28)6-8-20;1-18(35-12-3-4-13-35)32-25-15-21(10-11-29-25)37-22-8-9-24(30-16-22)23-17-31-27(34(2)26(23)36)33-20-7-5-6-19(28)14-20;1-18(35-13-5-6-14-35)32-25-15-19(11-12-29-25)37-20-9-10-23(30-16-20)21-17-31-27(34(2)26(21)36)33-24-8-4-3-7-22(24)28/h5-12,15-17H,1,3-4,13-14H2,2H3,(H,29,32)(H,31,33);5-11,14-17H,1,3-4,12-13H2,2H3,(H,29,32)(H,31,33);3-4,7-12,15-17H,1,5-6,13-14H2,2H3,(H,29,32)(H,31,33). The van der Waals surface area contributed by atoms with Gasteiger partial charge in [-0.25, -0.2) is 43.1 Å². The van der Waals surface area contributed by atoms with E-state index in [-0.39, 0.29) is 45.9 Å². The second-order valence-electron chi connectivity index (χ2n) is 25.8. The van der Waals surface area contributed by atoms with Gasteiger partial charge >= 0.3 is 0 Å². The molecule has 564 valence electrons. The zero-order chi connectivity index (χ0) is 77.3. The van der Waals surface area contributed by atoms with Crippen LogP contribution in [0.5, 0.6) is 34.5 Å². The van der Waals surface area contributed by atoms with Crippen LogP contribution in [0, 0.1) is 17.5 Å². The molecule has 3 aliphatic heterocycles. The molecule has 0 atom stereocenters. The Hall–Kier alpha value is -14.2. The van der Waals surface area contributed by atoms with E-state index in [1.165, 1.54) is 94.5 Å². The molecule has 0 unspecified atom stereocenters.